The van der Waals surface area contributed by atoms with Crippen molar-refractivity contribution in [2.24, 2.45) is 0 Å². The second kappa shape index (κ2) is 9.03. The molecule has 2 amide bonds. The van der Waals surface area contributed by atoms with Gasteiger partial charge in [-0.2, -0.15) is 0 Å². The molecule has 0 aromatic heterocycles. The molecule has 6 heteroatoms. The zero-order valence-corrected chi connectivity index (χ0v) is 15.1. The van der Waals surface area contributed by atoms with Gasteiger partial charge in [0.15, 0.2) is 0 Å². The van der Waals surface area contributed by atoms with Gasteiger partial charge in [-0.3, -0.25) is 9.59 Å². The van der Waals surface area contributed by atoms with Crippen molar-refractivity contribution in [2.45, 2.75) is 32.2 Å². The second-order valence-electron chi connectivity index (χ2n) is 5.90. The van der Waals surface area contributed by atoms with Gasteiger partial charge in [-0.25, -0.2) is 0 Å². The van der Waals surface area contributed by atoms with Crippen LogP contribution in [0.2, 0.25) is 0 Å². The molecule has 1 aliphatic rings. The van der Waals surface area contributed by atoms with Gasteiger partial charge in [0, 0.05) is 16.6 Å². The fourth-order valence-electron chi connectivity index (χ4n) is 2.62. The van der Waals surface area contributed by atoms with Crippen molar-refractivity contribution in [3.8, 4) is 0 Å². The van der Waals surface area contributed by atoms with E-state index in [9.17, 15) is 9.59 Å². The van der Waals surface area contributed by atoms with Crippen molar-refractivity contribution in [2.75, 3.05) is 26.2 Å². The first-order valence-corrected chi connectivity index (χ1v) is 8.92. The quantitative estimate of drug-likeness (QED) is 0.711. The Morgan fingerprint density at radius 1 is 1.22 bits per heavy atom. The van der Waals surface area contributed by atoms with Crippen LogP contribution >= 0.6 is 15.9 Å². The minimum atomic E-state index is -0.544. The van der Waals surface area contributed by atoms with E-state index in [2.05, 4.69) is 31.5 Å². The highest BCUT2D eigenvalue weighted by Gasteiger charge is 2.16. The summed E-state index contributed by atoms with van der Waals surface area (Å²) in [5, 5.41) is 5.61. The molecule has 0 aliphatic carbocycles. The summed E-state index contributed by atoms with van der Waals surface area (Å²) in [6.45, 7) is 5.72. The molecule has 2 N–H and O–H groups in total. The number of benzene rings is 1. The molecular formula is C17H24BrN3O2. The lowest BCUT2D eigenvalue weighted by Crippen LogP contribution is -2.45. The number of hydrogen-bond donors (Lipinski definition) is 2. The van der Waals surface area contributed by atoms with Gasteiger partial charge in [-0.1, -0.05) is 15.9 Å². The van der Waals surface area contributed by atoms with Crippen LogP contribution in [0.1, 0.15) is 36.5 Å². The monoisotopic (exact) mass is 381 g/mol. The van der Waals surface area contributed by atoms with Crippen molar-refractivity contribution in [3.63, 3.8) is 0 Å². The van der Waals surface area contributed by atoms with Crippen LogP contribution in [0.15, 0.2) is 28.7 Å². The summed E-state index contributed by atoms with van der Waals surface area (Å²) in [6, 6.07) is 6.51. The Bertz CT molecular complexity index is 527. The summed E-state index contributed by atoms with van der Waals surface area (Å²) in [5.74, 6) is -0.380. The molecule has 0 radical (unpaired) electrons. The maximum atomic E-state index is 12.1. The molecule has 1 atom stereocenters. The lowest BCUT2D eigenvalue weighted by Gasteiger charge is -2.16. The first-order chi connectivity index (χ1) is 11.1. The molecule has 126 valence electrons. The van der Waals surface area contributed by atoms with Crippen molar-refractivity contribution in [3.05, 3.63) is 34.3 Å². The van der Waals surface area contributed by atoms with E-state index in [0.29, 0.717) is 12.1 Å². The van der Waals surface area contributed by atoms with E-state index in [4.69, 9.17) is 0 Å². The number of likely N-dealkylation sites (tertiary alicyclic amines) is 1. The Kier molecular flexibility index (Phi) is 7.05. The molecule has 2 rings (SSSR count). The van der Waals surface area contributed by atoms with Crippen molar-refractivity contribution >= 4 is 27.7 Å². The van der Waals surface area contributed by atoms with Crippen LogP contribution in [0.25, 0.3) is 0 Å². The summed E-state index contributed by atoms with van der Waals surface area (Å²) in [7, 11) is 0. The number of nitrogens with one attached hydrogen (secondary N) is 2. The summed E-state index contributed by atoms with van der Waals surface area (Å²) >= 11 is 3.33. The molecule has 1 aromatic carbocycles. The average molecular weight is 382 g/mol. The van der Waals surface area contributed by atoms with Crippen LogP contribution in [-0.4, -0.2) is 48.9 Å². The maximum absolute atomic E-state index is 12.1. The molecule has 5 nitrogen and oxygen atoms in total. The number of amides is 2. The van der Waals surface area contributed by atoms with Gasteiger partial charge in [0.05, 0.1) is 0 Å². The topological polar surface area (TPSA) is 61.4 Å². The zero-order chi connectivity index (χ0) is 16.7. The smallest absolute Gasteiger partial charge is 0.251 e. The average Bonchev–Trinajstić information content (AvgIpc) is 3.05. The zero-order valence-electron chi connectivity index (χ0n) is 13.5. The molecule has 1 aliphatic heterocycles. The molecule has 0 saturated carbocycles. The van der Waals surface area contributed by atoms with Crippen LogP contribution in [0.5, 0.6) is 0 Å². The highest BCUT2D eigenvalue weighted by Crippen LogP contribution is 2.10. The summed E-state index contributed by atoms with van der Waals surface area (Å²) in [5.41, 5.74) is 0.543. The predicted molar refractivity (Wildman–Crippen MR) is 94.4 cm³/mol. The molecule has 23 heavy (non-hydrogen) atoms. The standard InChI is InChI=1S/C17H24BrN3O2/c1-13(20-17(23)14-5-7-15(18)8-6-14)16(22)19-9-4-12-21-10-2-3-11-21/h5-8,13H,2-4,9-12H2,1H3,(H,19,22)(H,20,23). The van der Waals surface area contributed by atoms with Gasteiger partial charge in [0.25, 0.3) is 5.91 Å². The van der Waals surface area contributed by atoms with Gasteiger partial charge in [0.1, 0.15) is 6.04 Å². The van der Waals surface area contributed by atoms with Crippen molar-refractivity contribution < 1.29 is 9.59 Å². The fourth-order valence-corrected chi connectivity index (χ4v) is 2.88. The Morgan fingerprint density at radius 3 is 2.52 bits per heavy atom. The molecule has 1 aromatic rings. The minimum Gasteiger partial charge on any atom is -0.354 e. The van der Waals surface area contributed by atoms with Crippen molar-refractivity contribution in [1.29, 1.82) is 0 Å². The van der Waals surface area contributed by atoms with Crippen LogP contribution in [0, 0.1) is 0 Å². The van der Waals surface area contributed by atoms with Gasteiger partial charge < -0.3 is 15.5 Å². The molecule has 1 saturated heterocycles. The van der Waals surface area contributed by atoms with E-state index < -0.39 is 6.04 Å². The van der Waals surface area contributed by atoms with E-state index in [1.807, 2.05) is 0 Å². The lowest BCUT2D eigenvalue weighted by atomic mass is 10.2. The Morgan fingerprint density at radius 2 is 1.87 bits per heavy atom. The maximum Gasteiger partial charge on any atom is 0.251 e. The number of hydrogen-bond acceptors (Lipinski definition) is 3. The van der Waals surface area contributed by atoms with Crippen LogP contribution < -0.4 is 10.6 Å². The van der Waals surface area contributed by atoms with Gasteiger partial charge in [0.2, 0.25) is 5.91 Å². The molecule has 0 spiro atoms. The largest absolute Gasteiger partial charge is 0.354 e. The number of halogens is 1. The Balaban J connectivity index is 1.67. The number of carbonyl (C=O) groups is 2. The van der Waals surface area contributed by atoms with E-state index in [1.54, 1.807) is 31.2 Å². The van der Waals surface area contributed by atoms with Crippen molar-refractivity contribution in [1.82, 2.24) is 15.5 Å². The van der Waals surface area contributed by atoms with E-state index in [0.717, 1.165) is 17.4 Å². The number of carbonyl (C=O) groups excluding carboxylic acids is 2. The van der Waals surface area contributed by atoms with Crippen LogP contribution in [0.4, 0.5) is 0 Å². The third-order valence-electron chi connectivity index (χ3n) is 4.00. The SMILES string of the molecule is CC(NC(=O)c1ccc(Br)cc1)C(=O)NCCCN1CCCC1. The van der Waals surface area contributed by atoms with Crippen LogP contribution in [-0.2, 0) is 4.79 Å². The third kappa shape index (κ3) is 5.95. The number of nitrogens with zero attached hydrogens (tertiary/aromatic N) is 1. The minimum absolute atomic E-state index is 0.142. The third-order valence-corrected chi connectivity index (χ3v) is 4.52. The fraction of sp³-hybridized carbons (Fsp3) is 0.529. The van der Waals surface area contributed by atoms with Gasteiger partial charge in [-0.05, 0) is 70.1 Å². The van der Waals surface area contributed by atoms with E-state index in [-0.39, 0.29) is 11.8 Å². The molecule has 0 bridgehead atoms. The molecule has 1 heterocycles. The summed E-state index contributed by atoms with van der Waals surface area (Å²) in [6.07, 6.45) is 3.51. The highest BCUT2D eigenvalue weighted by molar-refractivity contribution is 9.10. The normalized spacial score (nSPS) is 16.1. The summed E-state index contributed by atoms with van der Waals surface area (Å²) in [4.78, 5) is 26.5. The van der Waals surface area contributed by atoms with Gasteiger partial charge >= 0.3 is 0 Å². The Hall–Kier alpha value is -1.40. The van der Waals surface area contributed by atoms with Gasteiger partial charge in [-0.15, -0.1) is 0 Å². The number of rotatable bonds is 7. The molecular weight excluding hydrogens is 358 g/mol. The van der Waals surface area contributed by atoms with E-state index >= 15 is 0 Å². The highest BCUT2D eigenvalue weighted by atomic mass is 79.9. The lowest BCUT2D eigenvalue weighted by molar-refractivity contribution is -0.122. The molecule has 1 fully saturated rings. The predicted octanol–water partition coefficient (Wildman–Crippen LogP) is 2.17. The Labute approximate surface area is 145 Å². The first kappa shape index (κ1) is 17.9. The molecule has 1 unspecified atom stereocenters. The second-order valence-corrected chi connectivity index (χ2v) is 6.81. The van der Waals surface area contributed by atoms with E-state index in [1.165, 1.54) is 25.9 Å². The first-order valence-electron chi connectivity index (χ1n) is 8.13. The summed E-state index contributed by atoms with van der Waals surface area (Å²) < 4.78 is 0.915. The van der Waals surface area contributed by atoms with Crippen LogP contribution in [0.3, 0.4) is 0 Å².